The quantitative estimate of drug-likeness (QED) is 0.429. The summed E-state index contributed by atoms with van der Waals surface area (Å²) in [5, 5.41) is 2.35. The first-order chi connectivity index (χ1) is 19.5. The highest BCUT2D eigenvalue weighted by molar-refractivity contribution is 6.05. The summed E-state index contributed by atoms with van der Waals surface area (Å²) in [6.07, 6.45) is 4.25. The second-order valence-electron chi connectivity index (χ2n) is 11.2. The van der Waals surface area contributed by atoms with Gasteiger partial charge >= 0.3 is 0 Å². The van der Waals surface area contributed by atoms with Gasteiger partial charge in [-0.3, -0.25) is 24.6 Å². The van der Waals surface area contributed by atoms with Crippen molar-refractivity contribution in [1.29, 1.82) is 0 Å². The molecule has 0 aromatic heterocycles. The summed E-state index contributed by atoms with van der Waals surface area (Å²) in [6.45, 7) is 3.93. The predicted octanol–water partition coefficient (Wildman–Crippen LogP) is 4.48. The van der Waals surface area contributed by atoms with Crippen LogP contribution in [0.4, 0.5) is 0 Å². The molecule has 3 aromatic carbocycles. The van der Waals surface area contributed by atoms with Crippen LogP contribution in [0.1, 0.15) is 58.3 Å². The molecule has 1 N–H and O–H groups in total. The van der Waals surface area contributed by atoms with Crippen LogP contribution in [-0.2, 0) is 35.7 Å². The zero-order chi connectivity index (χ0) is 27.5. The lowest BCUT2D eigenvalue weighted by atomic mass is 9.90. The molecule has 1 atom stereocenters. The minimum absolute atomic E-state index is 0.191. The van der Waals surface area contributed by atoms with Crippen molar-refractivity contribution in [2.75, 3.05) is 13.1 Å². The van der Waals surface area contributed by atoms with Crippen molar-refractivity contribution in [2.45, 2.75) is 57.8 Å². The van der Waals surface area contributed by atoms with Crippen LogP contribution >= 0.6 is 0 Å². The number of nitrogens with zero attached hydrogens (tertiary/aromatic N) is 2. The third-order valence-corrected chi connectivity index (χ3v) is 8.44. The molecule has 0 saturated carbocycles. The number of nitrogens with one attached hydrogen (secondary N) is 1. The normalized spacial score (nSPS) is 19.9. The van der Waals surface area contributed by atoms with E-state index in [-0.39, 0.29) is 18.2 Å². The van der Waals surface area contributed by atoms with Crippen LogP contribution < -0.4 is 10.1 Å². The average Bonchev–Trinajstić information content (AvgIpc) is 3.31. The number of amides is 3. The summed E-state index contributed by atoms with van der Waals surface area (Å²) >= 11 is 0. The summed E-state index contributed by atoms with van der Waals surface area (Å²) in [4.78, 5) is 41.1. The maximum Gasteiger partial charge on any atom is 0.255 e. The molecule has 3 aliphatic rings. The van der Waals surface area contributed by atoms with Gasteiger partial charge in [-0.1, -0.05) is 60.7 Å². The molecule has 0 radical (unpaired) electrons. The summed E-state index contributed by atoms with van der Waals surface area (Å²) in [5.74, 6) is 0.538. The monoisotopic (exact) mass is 537 g/mol. The van der Waals surface area contributed by atoms with Crippen LogP contribution in [0.15, 0.2) is 72.8 Å². The van der Waals surface area contributed by atoms with E-state index >= 15 is 0 Å². The molecule has 0 bridgehead atoms. The van der Waals surface area contributed by atoms with E-state index in [2.05, 4.69) is 64.8 Å². The van der Waals surface area contributed by atoms with Gasteiger partial charge < -0.3 is 9.64 Å². The maximum absolute atomic E-state index is 13.1. The molecular weight excluding hydrogens is 502 g/mol. The summed E-state index contributed by atoms with van der Waals surface area (Å²) in [6, 6.07) is 24.2. The lowest BCUT2D eigenvalue weighted by molar-refractivity contribution is -0.136. The third kappa shape index (κ3) is 5.80. The Kier molecular flexibility index (Phi) is 7.64. The fraction of sp³-hybridized carbons (Fsp3) is 0.364. The Bertz CT molecular complexity index is 1380. The van der Waals surface area contributed by atoms with Crippen molar-refractivity contribution < 1.29 is 19.1 Å². The van der Waals surface area contributed by atoms with Gasteiger partial charge in [0.2, 0.25) is 11.8 Å². The fourth-order valence-corrected chi connectivity index (χ4v) is 6.15. The van der Waals surface area contributed by atoms with Crippen LogP contribution in [-0.4, -0.2) is 46.7 Å². The van der Waals surface area contributed by atoms with Gasteiger partial charge in [-0.25, -0.2) is 0 Å². The Morgan fingerprint density at radius 2 is 1.55 bits per heavy atom. The van der Waals surface area contributed by atoms with Gasteiger partial charge in [0.05, 0.1) is 6.54 Å². The van der Waals surface area contributed by atoms with Crippen molar-refractivity contribution in [3.8, 4) is 5.75 Å². The molecule has 7 heteroatoms. The number of carbonyl (C=O) groups excluding carboxylic acids is 3. The van der Waals surface area contributed by atoms with E-state index in [9.17, 15) is 14.4 Å². The van der Waals surface area contributed by atoms with Crippen LogP contribution in [0.25, 0.3) is 0 Å². The highest BCUT2D eigenvalue weighted by atomic mass is 16.5. The first-order valence-electron chi connectivity index (χ1n) is 14.3. The van der Waals surface area contributed by atoms with Crippen LogP contribution in [0.5, 0.6) is 5.75 Å². The van der Waals surface area contributed by atoms with Crippen molar-refractivity contribution in [2.24, 2.45) is 5.92 Å². The lowest BCUT2D eigenvalue weighted by Crippen LogP contribution is -2.52. The molecule has 3 amide bonds. The van der Waals surface area contributed by atoms with E-state index < -0.39 is 11.9 Å². The topological polar surface area (TPSA) is 79.0 Å². The van der Waals surface area contributed by atoms with E-state index in [0.717, 1.165) is 36.7 Å². The van der Waals surface area contributed by atoms with Gasteiger partial charge in [-0.15, -0.1) is 0 Å². The molecule has 7 nitrogen and oxygen atoms in total. The fourth-order valence-electron chi connectivity index (χ4n) is 6.15. The Hall–Kier alpha value is -3.97. The summed E-state index contributed by atoms with van der Waals surface area (Å²) in [7, 11) is 0. The predicted molar refractivity (Wildman–Crippen MR) is 151 cm³/mol. The molecule has 0 spiro atoms. The SMILES string of the molecule is O=C1CC[C@@H](N2Cc3c(OCc4ccc(CN5CCC(Cc6ccccc6)CC5)cc4)cccc3C2=O)C(=O)N1. The molecule has 2 saturated heterocycles. The zero-order valence-corrected chi connectivity index (χ0v) is 22.7. The van der Waals surface area contributed by atoms with Gasteiger partial charge in [-0.05, 0) is 73.5 Å². The number of likely N-dealkylation sites (tertiary alicyclic amines) is 1. The number of ether oxygens (including phenoxy) is 1. The largest absolute Gasteiger partial charge is 0.489 e. The van der Waals surface area contributed by atoms with E-state index in [1.54, 1.807) is 11.0 Å². The van der Waals surface area contributed by atoms with Crippen molar-refractivity contribution in [1.82, 2.24) is 15.1 Å². The number of piperidine rings is 2. The minimum atomic E-state index is -0.632. The number of hydrogen-bond donors (Lipinski definition) is 1. The van der Waals surface area contributed by atoms with Gasteiger partial charge in [0.15, 0.2) is 0 Å². The first-order valence-corrected chi connectivity index (χ1v) is 14.3. The van der Waals surface area contributed by atoms with E-state index in [1.165, 1.54) is 30.4 Å². The molecule has 206 valence electrons. The van der Waals surface area contributed by atoms with E-state index in [4.69, 9.17) is 4.74 Å². The number of imide groups is 1. The van der Waals surface area contributed by atoms with Crippen LogP contribution in [0, 0.1) is 5.92 Å². The Morgan fingerprint density at radius 3 is 2.30 bits per heavy atom. The Morgan fingerprint density at radius 1 is 0.800 bits per heavy atom. The minimum Gasteiger partial charge on any atom is -0.489 e. The van der Waals surface area contributed by atoms with E-state index in [1.807, 2.05) is 12.1 Å². The molecule has 3 aromatic rings. The molecule has 0 unspecified atom stereocenters. The Labute approximate surface area is 235 Å². The molecule has 2 fully saturated rings. The highest BCUT2D eigenvalue weighted by Gasteiger charge is 2.40. The Balaban J connectivity index is 1.01. The number of benzene rings is 3. The molecule has 3 aliphatic heterocycles. The maximum atomic E-state index is 13.1. The second kappa shape index (κ2) is 11.6. The standard InChI is InChI=1S/C33H35N3O4/c37-31-14-13-29(32(38)34-31)36-21-28-27(33(36)39)7-4-8-30(28)40-22-26-11-9-25(10-12-26)20-35-17-15-24(16-18-35)19-23-5-2-1-3-6-23/h1-12,24,29H,13-22H2,(H,34,37,38)/t29-/m1/s1. The zero-order valence-electron chi connectivity index (χ0n) is 22.7. The second-order valence-corrected chi connectivity index (χ2v) is 11.2. The van der Waals surface area contributed by atoms with Crippen molar-refractivity contribution >= 4 is 17.7 Å². The van der Waals surface area contributed by atoms with Gasteiger partial charge in [-0.2, -0.15) is 0 Å². The highest BCUT2D eigenvalue weighted by Crippen LogP contribution is 2.34. The average molecular weight is 538 g/mol. The number of hydrogen-bond acceptors (Lipinski definition) is 5. The van der Waals surface area contributed by atoms with Crippen molar-refractivity contribution in [3.63, 3.8) is 0 Å². The van der Waals surface area contributed by atoms with Crippen molar-refractivity contribution in [3.05, 3.63) is 101 Å². The van der Waals surface area contributed by atoms with Gasteiger partial charge in [0, 0.05) is 24.1 Å². The number of fused-ring (bicyclic) bond motifs is 1. The number of rotatable bonds is 8. The van der Waals surface area contributed by atoms with E-state index in [0.29, 0.717) is 30.9 Å². The van der Waals surface area contributed by atoms with Crippen LogP contribution in [0.3, 0.4) is 0 Å². The number of carbonyl (C=O) groups is 3. The molecule has 0 aliphatic carbocycles. The summed E-state index contributed by atoms with van der Waals surface area (Å²) in [5.41, 5.74) is 5.16. The lowest BCUT2D eigenvalue weighted by Gasteiger charge is -2.32. The van der Waals surface area contributed by atoms with Gasteiger partial charge in [0.25, 0.3) is 5.91 Å². The first kappa shape index (κ1) is 26.3. The van der Waals surface area contributed by atoms with Gasteiger partial charge in [0.1, 0.15) is 18.4 Å². The van der Waals surface area contributed by atoms with Crippen LogP contribution in [0.2, 0.25) is 0 Å². The molecule has 6 rings (SSSR count). The third-order valence-electron chi connectivity index (χ3n) is 8.44. The molecular formula is C33H35N3O4. The molecule has 40 heavy (non-hydrogen) atoms. The molecule has 3 heterocycles. The smallest absolute Gasteiger partial charge is 0.255 e. The summed E-state index contributed by atoms with van der Waals surface area (Å²) < 4.78 is 6.17.